The van der Waals surface area contributed by atoms with E-state index >= 15 is 0 Å². The molecule has 1 unspecified atom stereocenters. The smallest absolute Gasteiger partial charge is 0.0465 e. The maximum absolute atomic E-state index is 5.23. The second-order valence-corrected chi connectivity index (χ2v) is 6.93. The number of ether oxygens (including phenoxy) is 1. The number of hydrogen-bond acceptors (Lipinski definition) is 2. The van der Waals surface area contributed by atoms with Crippen LogP contribution in [0.4, 0.5) is 0 Å². The third-order valence-electron chi connectivity index (χ3n) is 3.12. The SMILES string of the molecule is COCCC(CNC(C)(C)C)Cc1ccccc1Br. The van der Waals surface area contributed by atoms with Gasteiger partial charge in [0, 0.05) is 23.7 Å². The molecule has 0 bridgehead atoms. The van der Waals surface area contributed by atoms with Gasteiger partial charge in [0.05, 0.1) is 0 Å². The maximum Gasteiger partial charge on any atom is 0.0465 e. The van der Waals surface area contributed by atoms with Crippen molar-refractivity contribution in [3.8, 4) is 0 Å². The zero-order valence-corrected chi connectivity index (χ0v) is 14.1. The van der Waals surface area contributed by atoms with E-state index in [-0.39, 0.29) is 5.54 Å². The van der Waals surface area contributed by atoms with Crippen LogP contribution in [0.25, 0.3) is 0 Å². The molecule has 0 fully saturated rings. The van der Waals surface area contributed by atoms with Crippen LogP contribution >= 0.6 is 15.9 Å². The summed E-state index contributed by atoms with van der Waals surface area (Å²) in [6, 6.07) is 8.47. The van der Waals surface area contributed by atoms with Crippen LogP contribution in [0.2, 0.25) is 0 Å². The molecule has 1 rings (SSSR count). The fourth-order valence-corrected chi connectivity index (χ4v) is 2.43. The lowest BCUT2D eigenvalue weighted by Crippen LogP contribution is -2.39. The molecule has 1 aromatic rings. The third kappa shape index (κ3) is 7.09. The summed E-state index contributed by atoms with van der Waals surface area (Å²) >= 11 is 3.63. The standard InChI is InChI=1S/C16H26BrNO/c1-16(2,3)18-12-13(9-10-19-4)11-14-7-5-6-8-15(14)17/h5-8,13,18H,9-12H2,1-4H3. The van der Waals surface area contributed by atoms with E-state index in [9.17, 15) is 0 Å². The van der Waals surface area contributed by atoms with Gasteiger partial charge in [-0.05, 0) is 57.7 Å². The minimum Gasteiger partial charge on any atom is -0.385 e. The molecule has 2 nitrogen and oxygen atoms in total. The van der Waals surface area contributed by atoms with E-state index in [1.165, 1.54) is 10.0 Å². The van der Waals surface area contributed by atoms with Gasteiger partial charge in [0.1, 0.15) is 0 Å². The van der Waals surface area contributed by atoms with Crippen molar-refractivity contribution in [2.24, 2.45) is 5.92 Å². The van der Waals surface area contributed by atoms with Crippen LogP contribution in [0, 0.1) is 5.92 Å². The monoisotopic (exact) mass is 327 g/mol. The van der Waals surface area contributed by atoms with Crippen molar-refractivity contribution >= 4 is 15.9 Å². The number of benzene rings is 1. The Labute approximate surface area is 126 Å². The normalized spacial score (nSPS) is 13.5. The van der Waals surface area contributed by atoms with E-state index in [0.29, 0.717) is 5.92 Å². The predicted molar refractivity (Wildman–Crippen MR) is 85.6 cm³/mol. The Morgan fingerprint density at radius 2 is 1.95 bits per heavy atom. The number of nitrogens with one attached hydrogen (secondary N) is 1. The largest absolute Gasteiger partial charge is 0.385 e. The van der Waals surface area contributed by atoms with Gasteiger partial charge < -0.3 is 10.1 Å². The lowest BCUT2D eigenvalue weighted by molar-refractivity contribution is 0.173. The third-order valence-corrected chi connectivity index (χ3v) is 3.89. The lowest BCUT2D eigenvalue weighted by Gasteiger charge is -2.25. The molecule has 108 valence electrons. The summed E-state index contributed by atoms with van der Waals surface area (Å²) in [4.78, 5) is 0. The second kappa shape index (κ2) is 8.03. The van der Waals surface area contributed by atoms with Gasteiger partial charge in [-0.3, -0.25) is 0 Å². The van der Waals surface area contributed by atoms with Crippen LogP contribution in [0.5, 0.6) is 0 Å². The van der Waals surface area contributed by atoms with Crippen LogP contribution in [-0.2, 0) is 11.2 Å². The molecule has 19 heavy (non-hydrogen) atoms. The highest BCUT2D eigenvalue weighted by atomic mass is 79.9. The molecule has 0 heterocycles. The summed E-state index contributed by atoms with van der Waals surface area (Å²) in [6.45, 7) is 8.46. The zero-order chi connectivity index (χ0) is 14.3. The number of hydrogen-bond donors (Lipinski definition) is 1. The molecule has 0 saturated carbocycles. The van der Waals surface area contributed by atoms with Gasteiger partial charge in [0.2, 0.25) is 0 Å². The Morgan fingerprint density at radius 1 is 1.26 bits per heavy atom. The number of halogens is 1. The fraction of sp³-hybridized carbons (Fsp3) is 0.625. The van der Waals surface area contributed by atoms with Crippen LogP contribution < -0.4 is 5.32 Å². The van der Waals surface area contributed by atoms with Crippen LogP contribution in [0.3, 0.4) is 0 Å². The van der Waals surface area contributed by atoms with E-state index in [1.807, 2.05) is 0 Å². The molecule has 0 aromatic heterocycles. The van der Waals surface area contributed by atoms with Crippen molar-refractivity contribution in [3.05, 3.63) is 34.3 Å². The molecule has 0 aliphatic carbocycles. The van der Waals surface area contributed by atoms with Gasteiger partial charge in [-0.15, -0.1) is 0 Å². The quantitative estimate of drug-likeness (QED) is 0.816. The Hall–Kier alpha value is -0.380. The van der Waals surface area contributed by atoms with Crippen molar-refractivity contribution in [1.29, 1.82) is 0 Å². The van der Waals surface area contributed by atoms with Crippen LogP contribution in [0.15, 0.2) is 28.7 Å². The molecular formula is C16H26BrNO. The lowest BCUT2D eigenvalue weighted by atomic mass is 9.95. The highest BCUT2D eigenvalue weighted by Gasteiger charge is 2.15. The summed E-state index contributed by atoms with van der Waals surface area (Å²) in [7, 11) is 1.77. The van der Waals surface area contributed by atoms with Gasteiger partial charge in [-0.1, -0.05) is 34.1 Å². The Morgan fingerprint density at radius 3 is 2.53 bits per heavy atom. The summed E-state index contributed by atoms with van der Waals surface area (Å²) in [5.41, 5.74) is 1.54. The molecule has 1 N–H and O–H groups in total. The summed E-state index contributed by atoms with van der Waals surface area (Å²) < 4.78 is 6.43. The topological polar surface area (TPSA) is 21.3 Å². The molecule has 0 aliphatic heterocycles. The average Bonchev–Trinajstić information content (AvgIpc) is 2.34. The van der Waals surface area contributed by atoms with Crippen molar-refractivity contribution in [2.45, 2.75) is 39.2 Å². The molecule has 0 spiro atoms. The predicted octanol–water partition coefficient (Wildman–Crippen LogP) is 4.03. The highest BCUT2D eigenvalue weighted by molar-refractivity contribution is 9.10. The Bertz CT molecular complexity index is 373. The average molecular weight is 328 g/mol. The van der Waals surface area contributed by atoms with Crippen molar-refractivity contribution < 1.29 is 4.74 Å². The molecule has 0 aliphatic rings. The van der Waals surface area contributed by atoms with Crippen molar-refractivity contribution in [1.82, 2.24) is 5.32 Å². The first-order chi connectivity index (χ1) is 8.92. The summed E-state index contributed by atoms with van der Waals surface area (Å²) in [5.74, 6) is 0.595. The highest BCUT2D eigenvalue weighted by Crippen LogP contribution is 2.21. The summed E-state index contributed by atoms with van der Waals surface area (Å²) in [6.07, 6.45) is 2.16. The molecule has 0 saturated heterocycles. The fourth-order valence-electron chi connectivity index (χ4n) is 1.99. The summed E-state index contributed by atoms with van der Waals surface area (Å²) in [5, 5.41) is 3.60. The van der Waals surface area contributed by atoms with E-state index in [2.05, 4.69) is 66.3 Å². The molecule has 0 radical (unpaired) electrons. The zero-order valence-electron chi connectivity index (χ0n) is 12.5. The Balaban J connectivity index is 2.61. The van der Waals surface area contributed by atoms with Gasteiger partial charge in [-0.25, -0.2) is 0 Å². The minimum absolute atomic E-state index is 0.166. The van der Waals surface area contributed by atoms with Crippen molar-refractivity contribution in [3.63, 3.8) is 0 Å². The Kier molecular flexibility index (Phi) is 7.05. The molecular weight excluding hydrogens is 302 g/mol. The van der Waals surface area contributed by atoms with Crippen LogP contribution in [-0.4, -0.2) is 25.8 Å². The van der Waals surface area contributed by atoms with Gasteiger partial charge in [0.15, 0.2) is 0 Å². The molecule has 1 atom stereocenters. The van der Waals surface area contributed by atoms with Crippen molar-refractivity contribution in [2.75, 3.05) is 20.3 Å². The van der Waals surface area contributed by atoms with Crippen LogP contribution in [0.1, 0.15) is 32.8 Å². The van der Waals surface area contributed by atoms with E-state index in [1.54, 1.807) is 7.11 Å². The number of methoxy groups -OCH3 is 1. The first-order valence-electron chi connectivity index (χ1n) is 6.90. The minimum atomic E-state index is 0.166. The first-order valence-corrected chi connectivity index (χ1v) is 7.69. The molecule has 3 heteroatoms. The molecule has 1 aromatic carbocycles. The van der Waals surface area contributed by atoms with E-state index in [0.717, 1.165) is 26.0 Å². The second-order valence-electron chi connectivity index (χ2n) is 6.07. The molecule has 0 amide bonds. The van der Waals surface area contributed by atoms with E-state index < -0.39 is 0 Å². The number of rotatable bonds is 7. The van der Waals surface area contributed by atoms with Gasteiger partial charge in [-0.2, -0.15) is 0 Å². The van der Waals surface area contributed by atoms with Gasteiger partial charge >= 0.3 is 0 Å². The van der Waals surface area contributed by atoms with Gasteiger partial charge in [0.25, 0.3) is 0 Å². The van der Waals surface area contributed by atoms with E-state index in [4.69, 9.17) is 4.74 Å². The maximum atomic E-state index is 5.23. The first kappa shape index (κ1) is 16.7.